The van der Waals surface area contributed by atoms with Gasteiger partial charge in [-0.15, -0.1) is 0 Å². The minimum absolute atomic E-state index is 0.156. The number of aliphatic hydroxyl groups excluding tert-OH is 1. The predicted molar refractivity (Wildman–Crippen MR) is 108 cm³/mol. The molecule has 3 heterocycles. The molecule has 2 aromatic heterocycles. The fourth-order valence-corrected chi connectivity index (χ4v) is 3.92. The second-order valence-corrected chi connectivity index (χ2v) is 7.45. The zero-order valence-electron chi connectivity index (χ0n) is 16.0. The van der Waals surface area contributed by atoms with E-state index in [1.807, 2.05) is 31.3 Å². The van der Waals surface area contributed by atoms with E-state index in [1.54, 1.807) is 0 Å². The Morgan fingerprint density at radius 2 is 1.96 bits per heavy atom. The Bertz CT molecular complexity index is 942. The fraction of sp³-hybridized carbons (Fsp3) is 0.409. The summed E-state index contributed by atoms with van der Waals surface area (Å²) in [5, 5.41) is 11.8. The molecule has 1 aliphatic rings. The van der Waals surface area contributed by atoms with Crippen LogP contribution in [0.3, 0.4) is 0 Å². The minimum Gasteiger partial charge on any atom is -0.391 e. The quantitative estimate of drug-likeness (QED) is 0.754. The standard InChI is InChI=1S/C22H26N4O/c1-3-6-17-12-23-15(2)24-22(17)26-13-18(21(27)14-26)11-19-10-9-16-7-4-5-8-20(16)25-19/h4-5,7-10,12,18,21,27H,3,6,11,13-14H2,1-2H3/t18-,21-/m1/s1. The van der Waals surface area contributed by atoms with Gasteiger partial charge in [0.25, 0.3) is 0 Å². The maximum Gasteiger partial charge on any atom is 0.135 e. The largest absolute Gasteiger partial charge is 0.391 e. The lowest BCUT2D eigenvalue weighted by atomic mass is 9.99. The predicted octanol–water partition coefficient (Wildman–Crippen LogP) is 3.33. The number of para-hydroxylation sites is 1. The van der Waals surface area contributed by atoms with E-state index in [9.17, 15) is 5.11 Å². The molecule has 1 saturated heterocycles. The molecule has 1 N–H and O–H groups in total. The molecule has 3 aromatic rings. The molecule has 4 rings (SSSR count). The minimum atomic E-state index is -0.372. The molecule has 140 valence electrons. The molecule has 0 amide bonds. The van der Waals surface area contributed by atoms with Crippen molar-refractivity contribution in [1.29, 1.82) is 0 Å². The number of β-amino-alcohol motifs (C(OH)–C–C–N with tert-alkyl or cyclic N) is 1. The zero-order valence-corrected chi connectivity index (χ0v) is 16.0. The second-order valence-electron chi connectivity index (χ2n) is 7.45. The lowest BCUT2D eigenvalue weighted by Crippen LogP contribution is -2.24. The van der Waals surface area contributed by atoms with Crippen molar-refractivity contribution in [2.45, 2.75) is 39.2 Å². The van der Waals surface area contributed by atoms with Crippen LogP contribution in [0.1, 0.15) is 30.4 Å². The Morgan fingerprint density at radius 3 is 2.81 bits per heavy atom. The number of benzene rings is 1. The van der Waals surface area contributed by atoms with Gasteiger partial charge in [0.2, 0.25) is 0 Å². The van der Waals surface area contributed by atoms with Crippen LogP contribution < -0.4 is 4.90 Å². The Balaban J connectivity index is 1.53. The van der Waals surface area contributed by atoms with Gasteiger partial charge in [-0.05, 0) is 31.9 Å². The summed E-state index contributed by atoms with van der Waals surface area (Å²) in [6, 6.07) is 12.3. The summed E-state index contributed by atoms with van der Waals surface area (Å²) < 4.78 is 0. The van der Waals surface area contributed by atoms with Crippen molar-refractivity contribution in [3.05, 3.63) is 59.7 Å². The normalized spacial score (nSPS) is 19.7. The molecule has 0 spiro atoms. The molecule has 0 unspecified atom stereocenters. The van der Waals surface area contributed by atoms with E-state index in [0.29, 0.717) is 6.54 Å². The summed E-state index contributed by atoms with van der Waals surface area (Å²) in [5.74, 6) is 1.92. The van der Waals surface area contributed by atoms with Gasteiger partial charge in [-0.3, -0.25) is 4.98 Å². The van der Waals surface area contributed by atoms with Crippen molar-refractivity contribution < 1.29 is 5.11 Å². The Kier molecular flexibility index (Phi) is 5.03. The van der Waals surface area contributed by atoms with E-state index in [1.165, 1.54) is 5.56 Å². The van der Waals surface area contributed by atoms with E-state index in [4.69, 9.17) is 4.98 Å². The number of rotatable bonds is 5. The van der Waals surface area contributed by atoms with Crippen LogP contribution in [0.2, 0.25) is 0 Å². The maximum absolute atomic E-state index is 10.7. The van der Waals surface area contributed by atoms with Crippen molar-refractivity contribution in [1.82, 2.24) is 15.0 Å². The number of fused-ring (bicyclic) bond motifs is 1. The van der Waals surface area contributed by atoms with Gasteiger partial charge in [0.15, 0.2) is 0 Å². The van der Waals surface area contributed by atoms with Gasteiger partial charge < -0.3 is 10.0 Å². The van der Waals surface area contributed by atoms with Crippen LogP contribution in [-0.2, 0) is 12.8 Å². The number of aromatic nitrogens is 3. The van der Waals surface area contributed by atoms with Gasteiger partial charge in [-0.25, -0.2) is 9.97 Å². The van der Waals surface area contributed by atoms with Crippen LogP contribution in [0.15, 0.2) is 42.6 Å². The van der Waals surface area contributed by atoms with Crippen LogP contribution in [0.4, 0.5) is 5.82 Å². The van der Waals surface area contributed by atoms with Gasteiger partial charge in [0, 0.05) is 41.8 Å². The van der Waals surface area contributed by atoms with Crippen LogP contribution >= 0.6 is 0 Å². The smallest absolute Gasteiger partial charge is 0.135 e. The van der Waals surface area contributed by atoms with Gasteiger partial charge >= 0.3 is 0 Å². The first-order valence-electron chi connectivity index (χ1n) is 9.74. The third kappa shape index (κ3) is 3.78. The van der Waals surface area contributed by atoms with E-state index in [0.717, 1.165) is 54.0 Å². The number of pyridine rings is 1. The molecule has 2 atom stereocenters. The van der Waals surface area contributed by atoms with Crippen molar-refractivity contribution in [3.8, 4) is 0 Å². The average molecular weight is 362 g/mol. The molecular weight excluding hydrogens is 336 g/mol. The summed E-state index contributed by atoms with van der Waals surface area (Å²) in [4.78, 5) is 16.0. The van der Waals surface area contributed by atoms with Gasteiger partial charge in [-0.1, -0.05) is 37.6 Å². The Labute approximate surface area is 160 Å². The molecule has 1 aromatic carbocycles. The topological polar surface area (TPSA) is 62.1 Å². The van der Waals surface area contributed by atoms with Crippen molar-refractivity contribution in [2.24, 2.45) is 5.92 Å². The van der Waals surface area contributed by atoms with E-state index in [-0.39, 0.29) is 12.0 Å². The number of aliphatic hydroxyl groups is 1. The van der Waals surface area contributed by atoms with Crippen molar-refractivity contribution in [2.75, 3.05) is 18.0 Å². The van der Waals surface area contributed by atoms with Crippen molar-refractivity contribution in [3.63, 3.8) is 0 Å². The number of aryl methyl sites for hydroxylation is 2. The first-order chi connectivity index (χ1) is 13.1. The highest BCUT2D eigenvalue weighted by Crippen LogP contribution is 2.28. The van der Waals surface area contributed by atoms with Gasteiger partial charge in [-0.2, -0.15) is 0 Å². The van der Waals surface area contributed by atoms with Crippen LogP contribution in [0, 0.1) is 12.8 Å². The van der Waals surface area contributed by atoms with E-state index < -0.39 is 0 Å². The van der Waals surface area contributed by atoms with E-state index in [2.05, 4.69) is 40.0 Å². The first-order valence-corrected chi connectivity index (χ1v) is 9.74. The fourth-order valence-electron chi connectivity index (χ4n) is 3.92. The molecule has 0 saturated carbocycles. The van der Waals surface area contributed by atoms with Crippen LogP contribution in [0.5, 0.6) is 0 Å². The number of hydrogen-bond acceptors (Lipinski definition) is 5. The summed E-state index contributed by atoms with van der Waals surface area (Å²) >= 11 is 0. The highest BCUT2D eigenvalue weighted by Gasteiger charge is 2.33. The van der Waals surface area contributed by atoms with E-state index >= 15 is 0 Å². The van der Waals surface area contributed by atoms with Gasteiger partial charge in [0.1, 0.15) is 11.6 Å². The summed E-state index contributed by atoms with van der Waals surface area (Å²) in [6.45, 7) is 5.49. The zero-order chi connectivity index (χ0) is 18.8. The molecule has 1 fully saturated rings. The lowest BCUT2D eigenvalue weighted by Gasteiger charge is -2.20. The number of anilines is 1. The molecule has 5 nitrogen and oxygen atoms in total. The highest BCUT2D eigenvalue weighted by atomic mass is 16.3. The lowest BCUT2D eigenvalue weighted by molar-refractivity contribution is 0.148. The SMILES string of the molecule is CCCc1cnc(C)nc1N1C[C@@H](Cc2ccc3ccccc3n2)[C@H](O)C1. The Hall–Kier alpha value is -2.53. The molecule has 27 heavy (non-hydrogen) atoms. The first kappa shape index (κ1) is 17.9. The third-order valence-corrected chi connectivity index (χ3v) is 5.31. The summed E-state index contributed by atoms with van der Waals surface area (Å²) in [7, 11) is 0. The second kappa shape index (κ2) is 7.61. The number of hydrogen-bond donors (Lipinski definition) is 1. The number of nitrogens with zero attached hydrogens (tertiary/aromatic N) is 4. The molecule has 0 radical (unpaired) electrons. The molecular formula is C22H26N4O. The summed E-state index contributed by atoms with van der Waals surface area (Å²) in [6.07, 6.45) is 4.35. The third-order valence-electron chi connectivity index (χ3n) is 5.31. The highest BCUT2D eigenvalue weighted by molar-refractivity contribution is 5.78. The molecule has 5 heteroatoms. The maximum atomic E-state index is 10.7. The van der Waals surface area contributed by atoms with Crippen LogP contribution in [0.25, 0.3) is 10.9 Å². The molecule has 0 aliphatic carbocycles. The molecule has 1 aliphatic heterocycles. The monoisotopic (exact) mass is 362 g/mol. The Morgan fingerprint density at radius 1 is 1.11 bits per heavy atom. The van der Waals surface area contributed by atoms with Crippen LogP contribution in [-0.4, -0.2) is 39.3 Å². The molecule has 0 bridgehead atoms. The van der Waals surface area contributed by atoms with Gasteiger partial charge in [0.05, 0.1) is 11.6 Å². The average Bonchev–Trinajstić information content (AvgIpc) is 3.03. The van der Waals surface area contributed by atoms with Crippen molar-refractivity contribution >= 4 is 16.7 Å². The summed E-state index contributed by atoms with van der Waals surface area (Å²) in [5.41, 5.74) is 3.21.